The van der Waals surface area contributed by atoms with Gasteiger partial charge < -0.3 is 0 Å². The summed E-state index contributed by atoms with van der Waals surface area (Å²) in [5.74, 6) is 0. The highest BCUT2D eigenvalue weighted by atomic mass is 33.2. The fraction of sp³-hybridized carbons (Fsp3) is 0. The lowest BCUT2D eigenvalue weighted by Gasteiger charge is -1.75. The van der Waals surface area contributed by atoms with E-state index in [2.05, 4.69) is 0 Å². The van der Waals surface area contributed by atoms with E-state index in [1.54, 1.807) is 12.1 Å². The van der Waals surface area contributed by atoms with Crippen molar-refractivity contribution >= 4 is 18.7 Å². The zero-order chi connectivity index (χ0) is 6.91. The van der Waals surface area contributed by atoms with Crippen molar-refractivity contribution in [1.29, 1.82) is 0 Å². The minimum atomic E-state index is -3.85. The first kappa shape index (κ1) is 6.73. The van der Waals surface area contributed by atoms with E-state index in [0.29, 0.717) is 0 Å². The molecule has 0 aliphatic heterocycles. The zero-order valence-electron chi connectivity index (χ0n) is 4.39. The Labute approximate surface area is 55.1 Å². The third-order valence-corrected chi connectivity index (χ3v) is 4.24. The number of hydrogen-bond acceptors (Lipinski definition) is 2. The Morgan fingerprint density at radius 1 is 1.22 bits per heavy atom. The number of hydrogen-bond donors (Lipinski definition) is 1. The lowest BCUT2D eigenvalue weighted by Crippen LogP contribution is -1.86. The fourth-order valence-electron chi connectivity index (χ4n) is 0.431. The zero-order valence-corrected chi connectivity index (χ0v) is 6.02. The van der Waals surface area contributed by atoms with Gasteiger partial charge in [-0.3, -0.25) is 0 Å². The second-order valence-electron chi connectivity index (χ2n) is 1.41. The third kappa shape index (κ3) is 1.51. The van der Waals surface area contributed by atoms with Gasteiger partial charge in [-0.05, 0) is 12.1 Å². The van der Waals surface area contributed by atoms with Crippen LogP contribution in [-0.4, -0.2) is 13.0 Å². The Bertz CT molecular complexity index is 271. The maximum absolute atomic E-state index is 10.3. The predicted octanol–water partition coefficient (Wildman–Crippen LogP) is 1.09. The first-order valence-electron chi connectivity index (χ1n) is 2.15. The lowest BCUT2D eigenvalue weighted by molar-refractivity contribution is 0.502. The van der Waals surface area contributed by atoms with Crippen LogP contribution in [0.25, 0.3) is 0 Å². The van der Waals surface area contributed by atoms with Crippen LogP contribution in [0.1, 0.15) is 0 Å². The van der Waals surface area contributed by atoms with Crippen molar-refractivity contribution in [2.24, 2.45) is 0 Å². The van der Waals surface area contributed by atoms with E-state index in [0.717, 1.165) is 0 Å². The fourth-order valence-corrected chi connectivity index (χ4v) is 2.52. The molecule has 0 aliphatic rings. The molecule has 3 nitrogen and oxygen atoms in total. The second-order valence-corrected chi connectivity index (χ2v) is 5.89. The van der Waals surface area contributed by atoms with Crippen LogP contribution in [0.3, 0.4) is 0 Å². The monoisotopic (exact) mass is 165 g/mol. The van der Waals surface area contributed by atoms with Crippen LogP contribution in [-0.2, 0) is 9.15 Å². The Balaban J connectivity index is 3.20. The molecule has 0 radical (unpaired) electrons. The molecule has 0 fully saturated rings. The van der Waals surface area contributed by atoms with Crippen molar-refractivity contribution in [2.75, 3.05) is 0 Å². The Morgan fingerprint density at radius 2 is 1.67 bits per heavy atom. The SMILES string of the molecule is O=S(=O)(O)[s+]1cccc1. The molecule has 0 saturated carbocycles. The van der Waals surface area contributed by atoms with Gasteiger partial charge in [-0.15, -0.1) is 8.42 Å². The molecule has 50 valence electrons. The largest absolute Gasteiger partial charge is 0.472 e. The Kier molecular flexibility index (Phi) is 1.56. The summed E-state index contributed by atoms with van der Waals surface area (Å²) >= 11 is 0. The maximum Gasteiger partial charge on any atom is 0.472 e. The molecule has 1 N–H and O–H groups in total. The van der Waals surface area contributed by atoms with E-state index in [1.807, 2.05) is 0 Å². The van der Waals surface area contributed by atoms with Crippen molar-refractivity contribution in [2.45, 2.75) is 0 Å². The van der Waals surface area contributed by atoms with Crippen LogP contribution >= 0.6 is 9.50 Å². The molecule has 0 saturated heterocycles. The highest BCUT2D eigenvalue weighted by molar-refractivity contribution is 8.35. The van der Waals surface area contributed by atoms with Crippen molar-refractivity contribution in [1.82, 2.24) is 0 Å². The standard InChI is InChI=1S/C4H4O3S2/c5-9(6,7)8-3-1-2-4-8/h1-4H/p+1. The first-order chi connectivity index (χ1) is 4.11. The number of thiophene rings is 1. The first-order valence-corrected chi connectivity index (χ1v) is 5.46. The van der Waals surface area contributed by atoms with Crippen molar-refractivity contribution < 1.29 is 13.0 Å². The highest BCUT2D eigenvalue weighted by Gasteiger charge is 2.18. The van der Waals surface area contributed by atoms with E-state index in [9.17, 15) is 8.42 Å². The summed E-state index contributed by atoms with van der Waals surface area (Å²) in [6, 6.07) is 3.19. The van der Waals surface area contributed by atoms with Crippen molar-refractivity contribution in [3.8, 4) is 0 Å². The molecule has 0 aromatic carbocycles. The Morgan fingerprint density at radius 3 is 1.89 bits per heavy atom. The van der Waals surface area contributed by atoms with Gasteiger partial charge in [0, 0.05) is 0 Å². The average molecular weight is 165 g/mol. The van der Waals surface area contributed by atoms with Crippen molar-refractivity contribution in [3.63, 3.8) is 0 Å². The van der Waals surface area contributed by atoms with Gasteiger partial charge in [-0.2, -0.15) is 0 Å². The molecule has 0 unspecified atom stereocenters. The average Bonchev–Trinajstić information content (AvgIpc) is 2.08. The van der Waals surface area contributed by atoms with Gasteiger partial charge in [-0.25, -0.2) is 4.55 Å². The van der Waals surface area contributed by atoms with Crippen LogP contribution in [0.15, 0.2) is 22.9 Å². The quantitative estimate of drug-likeness (QED) is 0.385. The molecule has 1 aromatic rings. The molecule has 1 rings (SSSR count). The van der Waals surface area contributed by atoms with Gasteiger partial charge >= 0.3 is 9.15 Å². The molecular weight excluding hydrogens is 160 g/mol. The normalized spacial score (nSPS) is 11.7. The van der Waals surface area contributed by atoms with Gasteiger partial charge in [0.05, 0.1) is 0 Å². The minimum absolute atomic E-state index is 1.08. The maximum atomic E-state index is 10.3. The van der Waals surface area contributed by atoms with Crippen LogP contribution in [0, 0.1) is 0 Å². The summed E-state index contributed by atoms with van der Waals surface area (Å²) in [5.41, 5.74) is 0. The molecule has 0 atom stereocenters. The number of rotatable bonds is 1. The van der Waals surface area contributed by atoms with Crippen LogP contribution < -0.4 is 0 Å². The summed E-state index contributed by atoms with van der Waals surface area (Å²) in [7, 11) is -4.93. The van der Waals surface area contributed by atoms with E-state index in [1.165, 1.54) is 10.8 Å². The molecule has 0 bridgehead atoms. The smallest absolute Gasteiger partial charge is 0.242 e. The summed E-state index contributed by atoms with van der Waals surface area (Å²) in [6.45, 7) is 0. The van der Waals surface area contributed by atoms with Gasteiger partial charge in [0.15, 0.2) is 10.8 Å². The lowest BCUT2D eigenvalue weighted by atomic mass is 10.7. The minimum Gasteiger partial charge on any atom is -0.242 e. The van der Waals surface area contributed by atoms with Crippen molar-refractivity contribution in [3.05, 3.63) is 22.9 Å². The van der Waals surface area contributed by atoms with Crippen LogP contribution in [0.4, 0.5) is 0 Å². The molecular formula is C4H5O3S2+. The molecule has 5 heteroatoms. The summed E-state index contributed by atoms with van der Waals surface area (Å²) in [4.78, 5) is 0. The predicted molar refractivity (Wildman–Crippen MR) is 35.9 cm³/mol. The summed E-state index contributed by atoms with van der Waals surface area (Å²) in [6.07, 6.45) is 0. The molecule has 1 heterocycles. The van der Waals surface area contributed by atoms with E-state index < -0.39 is 18.7 Å². The van der Waals surface area contributed by atoms with Gasteiger partial charge in [-0.1, -0.05) is 0 Å². The Hall–Kier alpha value is -0.390. The van der Waals surface area contributed by atoms with Gasteiger partial charge in [0.2, 0.25) is 0 Å². The molecule has 0 amide bonds. The third-order valence-electron chi connectivity index (χ3n) is 0.780. The van der Waals surface area contributed by atoms with E-state index >= 15 is 0 Å². The second kappa shape index (κ2) is 2.09. The van der Waals surface area contributed by atoms with Gasteiger partial charge in [0.1, 0.15) is 9.50 Å². The molecule has 1 aromatic heterocycles. The summed E-state index contributed by atoms with van der Waals surface area (Å²) in [5, 5.41) is 2.88. The topological polar surface area (TPSA) is 54.4 Å². The van der Waals surface area contributed by atoms with Crippen LogP contribution in [0.2, 0.25) is 0 Å². The van der Waals surface area contributed by atoms with E-state index in [4.69, 9.17) is 4.55 Å². The highest BCUT2D eigenvalue weighted by Crippen LogP contribution is 2.21. The summed E-state index contributed by atoms with van der Waals surface area (Å²) < 4.78 is 29.0. The van der Waals surface area contributed by atoms with E-state index in [-0.39, 0.29) is 0 Å². The molecule has 0 aliphatic carbocycles. The van der Waals surface area contributed by atoms with Gasteiger partial charge in [0.25, 0.3) is 0 Å². The van der Waals surface area contributed by atoms with Crippen LogP contribution in [0.5, 0.6) is 0 Å². The molecule has 0 spiro atoms. The molecule has 9 heavy (non-hydrogen) atoms.